The van der Waals surface area contributed by atoms with Crippen molar-refractivity contribution < 1.29 is 4.79 Å². The highest BCUT2D eigenvalue weighted by atomic mass is 32.2. The van der Waals surface area contributed by atoms with Gasteiger partial charge in [0.15, 0.2) is 0 Å². The lowest BCUT2D eigenvalue weighted by atomic mass is 10.2. The molecule has 1 aliphatic rings. The van der Waals surface area contributed by atoms with Crippen molar-refractivity contribution in [1.29, 1.82) is 5.26 Å². The third kappa shape index (κ3) is 2.04. The van der Waals surface area contributed by atoms with Crippen LogP contribution in [0.5, 0.6) is 0 Å². The zero-order chi connectivity index (χ0) is 11.5. The summed E-state index contributed by atoms with van der Waals surface area (Å²) in [7, 11) is 1.71. The first kappa shape index (κ1) is 11.0. The minimum Gasteiger partial charge on any atom is -0.309 e. The lowest BCUT2D eigenvalue weighted by Gasteiger charge is -2.10. The Morgan fingerprint density at radius 2 is 2.62 bits per heavy atom. The summed E-state index contributed by atoms with van der Waals surface area (Å²) in [5.74, 6) is 1.50. The zero-order valence-electron chi connectivity index (χ0n) is 8.93. The van der Waals surface area contributed by atoms with Crippen molar-refractivity contribution in [3.05, 3.63) is 11.8 Å². The van der Waals surface area contributed by atoms with E-state index in [1.165, 1.54) is 10.9 Å². The van der Waals surface area contributed by atoms with Crippen molar-refractivity contribution in [2.75, 3.05) is 11.1 Å². The first-order chi connectivity index (χ1) is 7.72. The molecule has 1 saturated heterocycles. The summed E-state index contributed by atoms with van der Waals surface area (Å²) >= 11 is 1.67. The molecule has 16 heavy (non-hydrogen) atoms. The van der Waals surface area contributed by atoms with Gasteiger partial charge < -0.3 is 5.32 Å². The Morgan fingerprint density at radius 1 is 1.81 bits per heavy atom. The average molecular weight is 236 g/mol. The number of aryl methyl sites for hydroxylation is 1. The number of anilines is 1. The highest BCUT2D eigenvalue weighted by Gasteiger charge is 2.24. The number of aromatic nitrogens is 2. The quantitative estimate of drug-likeness (QED) is 0.835. The van der Waals surface area contributed by atoms with Crippen LogP contribution in [0.1, 0.15) is 18.4 Å². The molecule has 1 unspecified atom stereocenters. The Bertz CT molecular complexity index is 442. The maximum Gasteiger partial charge on any atom is 0.238 e. The van der Waals surface area contributed by atoms with Crippen LogP contribution in [0.15, 0.2) is 6.20 Å². The van der Waals surface area contributed by atoms with Gasteiger partial charge in [0.25, 0.3) is 0 Å². The van der Waals surface area contributed by atoms with E-state index in [9.17, 15) is 4.79 Å². The Kier molecular flexibility index (Phi) is 3.15. The largest absolute Gasteiger partial charge is 0.309 e. The standard InChI is InChI=1S/C10H12N4OS/c1-14-9(7(5-11)6-12-14)13-10(15)8-3-2-4-16-8/h6,8H,2-4H2,1H3,(H,13,15). The molecule has 0 spiro atoms. The summed E-state index contributed by atoms with van der Waals surface area (Å²) in [5, 5.41) is 15.6. The van der Waals surface area contributed by atoms with Crippen LogP contribution in [-0.4, -0.2) is 26.7 Å². The fraction of sp³-hybridized carbons (Fsp3) is 0.500. The van der Waals surface area contributed by atoms with Gasteiger partial charge in [-0.25, -0.2) is 0 Å². The molecule has 0 aliphatic carbocycles. The van der Waals surface area contributed by atoms with E-state index in [1.807, 2.05) is 6.07 Å². The van der Waals surface area contributed by atoms with Crippen LogP contribution >= 0.6 is 11.8 Å². The Hall–Kier alpha value is -1.48. The van der Waals surface area contributed by atoms with Crippen molar-refractivity contribution in [2.45, 2.75) is 18.1 Å². The van der Waals surface area contributed by atoms with Gasteiger partial charge in [-0.15, -0.1) is 11.8 Å². The van der Waals surface area contributed by atoms with E-state index in [-0.39, 0.29) is 11.2 Å². The molecule has 1 fully saturated rings. The number of thioether (sulfide) groups is 1. The monoisotopic (exact) mass is 236 g/mol. The Labute approximate surface area is 97.8 Å². The van der Waals surface area contributed by atoms with Crippen LogP contribution < -0.4 is 5.32 Å². The predicted octanol–water partition coefficient (Wildman–Crippen LogP) is 1.13. The van der Waals surface area contributed by atoms with Crippen LogP contribution in [0.3, 0.4) is 0 Å². The highest BCUT2D eigenvalue weighted by molar-refractivity contribution is 8.00. The third-order valence-electron chi connectivity index (χ3n) is 2.52. The normalized spacial score (nSPS) is 19.4. The van der Waals surface area contributed by atoms with Crippen LogP contribution in [0.25, 0.3) is 0 Å². The molecule has 84 valence electrons. The Morgan fingerprint density at radius 3 is 3.25 bits per heavy atom. The van der Waals surface area contributed by atoms with E-state index in [1.54, 1.807) is 18.8 Å². The molecular formula is C10H12N4OS. The number of hydrogen-bond acceptors (Lipinski definition) is 4. The molecule has 1 aromatic heterocycles. The van der Waals surface area contributed by atoms with E-state index in [0.29, 0.717) is 11.4 Å². The average Bonchev–Trinajstić information content (AvgIpc) is 2.89. The molecule has 1 aliphatic heterocycles. The lowest BCUT2D eigenvalue weighted by Crippen LogP contribution is -2.24. The van der Waals surface area contributed by atoms with Crippen molar-refractivity contribution >= 4 is 23.5 Å². The maximum absolute atomic E-state index is 11.9. The van der Waals surface area contributed by atoms with E-state index in [0.717, 1.165) is 18.6 Å². The van der Waals surface area contributed by atoms with Gasteiger partial charge in [0, 0.05) is 7.05 Å². The van der Waals surface area contributed by atoms with E-state index >= 15 is 0 Å². The lowest BCUT2D eigenvalue weighted by molar-refractivity contribution is -0.115. The van der Waals surface area contributed by atoms with E-state index in [4.69, 9.17) is 5.26 Å². The van der Waals surface area contributed by atoms with Gasteiger partial charge in [-0.05, 0) is 18.6 Å². The first-order valence-corrected chi connectivity index (χ1v) is 6.12. The van der Waals surface area contributed by atoms with Crippen molar-refractivity contribution in [2.24, 2.45) is 7.05 Å². The number of rotatable bonds is 2. The zero-order valence-corrected chi connectivity index (χ0v) is 9.75. The molecule has 2 rings (SSSR count). The number of carbonyl (C=O) groups excluding carboxylic acids is 1. The molecule has 2 heterocycles. The van der Waals surface area contributed by atoms with Gasteiger partial charge in [0.2, 0.25) is 5.91 Å². The number of amides is 1. The topological polar surface area (TPSA) is 70.7 Å². The molecule has 6 heteroatoms. The number of nitrogens with one attached hydrogen (secondary N) is 1. The number of carbonyl (C=O) groups is 1. The number of hydrogen-bond donors (Lipinski definition) is 1. The molecule has 1 aromatic rings. The van der Waals surface area contributed by atoms with Gasteiger partial charge >= 0.3 is 0 Å². The van der Waals surface area contributed by atoms with Gasteiger partial charge in [-0.3, -0.25) is 9.48 Å². The minimum absolute atomic E-state index is 0.0152. The molecule has 0 aromatic carbocycles. The molecule has 1 N–H and O–H groups in total. The highest BCUT2D eigenvalue weighted by Crippen LogP contribution is 2.27. The smallest absolute Gasteiger partial charge is 0.238 e. The minimum atomic E-state index is -0.0254. The van der Waals surface area contributed by atoms with Crippen LogP contribution in [0.2, 0.25) is 0 Å². The van der Waals surface area contributed by atoms with Crippen molar-refractivity contribution in [1.82, 2.24) is 9.78 Å². The molecule has 1 amide bonds. The molecule has 1 atom stereocenters. The van der Waals surface area contributed by atoms with E-state index in [2.05, 4.69) is 10.4 Å². The Balaban J connectivity index is 2.11. The molecule has 5 nitrogen and oxygen atoms in total. The maximum atomic E-state index is 11.9. The summed E-state index contributed by atoms with van der Waals surface area (Å²) in [6.45, 7) is 0. The number of nitriles is 1. The molecule has 0 saturated carbocycles. The van der Waals surface area contributed by atoms with E-state index < -0.39 is 0 Å². The fourth-order valence-electron chi connectivity index (χ4n) is 1.65. The second-order valence-electron chi connectivity index (χ2n) is 3.63. The summed E-state index contributed by atoms with van der Waals surface area (Å²) in [5.41, 5.74) is 0.402. The van der Waals surface area contributed by atoms with Crippen molar-refractivity contribution in [3.63, 3.8) is 0 Å². The van der Waals surface area contributed by atoms with Crippen LogP contribution in [0, 0.1) is 11.3 Å². The summed E-state index contributed by atoms with van der Waals surface area (Å²) < 4.78 is 1.51. The predicted molar refractivity (Wildman–Crippen MR) is 62.0 cm³/mol. The second-order valence-corrected chi connectivity index (χ2v) is 4.94. The fourth-order valence-corrected chi connectivity index (χ4v) is 2.81. The van der Waals surface area contributed by atoms with Crippen LogP contribution in [0.4, 0.5) is 5.82 Å². The second kappa shape index (κ2) is 4.58. The van der Waals surface area contributed by atoms with Crippen molar-refractivity contribution in [3.8, 4) is 6.07 Å². The summed E-state index contributed by atoms with van der Waals surface area (Å²) in [6, 6.07) is 2.01. The third-order valence-corrected chi connectivity index (χ3v) is 3.90. The van der Waals surface area contributed by atoms with Gasteiger partial charge in [0.05, 0.1) is 11.4 Å². The van der Waals surface area contributed by atoms with Gasteiger partial charge in [-0.1, -0.05) is 0 Å². The molecule has 0 radical (unpaired) electrons. The molecule has 0 bridgehead atoms. The van der Waals surface area contributed by atoms with Crippen LogP contribution in [-0.2, 0) is 11.8 Å². The number of nitrogens with zero attached hydrogens (tertiary/aromatic N) is 3. The summed E-state index contributed by atoms with van der Waals surface area (Å²) in [6.07, 6.45) is 3.45. The first-order valence-electron chi connectivity index (χ1n) is 5.07. The SMILES string of the molecule is Cn1ncc(C#N)c1NC(=O)C1CCCS1. The molecular weight excluding hydrogens is 224 g/mol. The van der Waals surface area contributed by atoms with Gasteiger partial charge in [0.1, 0.15) is 17.5 Å². The summed E-state index contributed by atoms with van der Waals surface area (Å²) in [4.78, 5) is 11.9. The van der Waals surface area contributed by atoms with Gasteiger partial charge in [-0.2, -0.15) is 10.4 Å².